The lowest BCUT2D eigenvalue weighted by Crippen LogP contribution is -2.46. The van der Waals surface area contributed by atoms with Crippen LogP contribution < -0.4 is 4.90 Å². The molecule has 0 radical (unpaired) electrons. The van der Waals surface area contributed by atoms with E-state index in [1.165, 1.54) is 22.2 Å². The van der Waals surface area contributed by atoms with E-state index in [4.69, 9.17) is 11.6 Å². The van der Waals surface area contributed by atoms with E-state index in [9.17, 15) is 4.79 Å². The largest absolute Gasteiger partial charge is 0.368 e. The van der Waals surface area contributed by atoms with Gasteiger partial charge in [-0.1, -0.05) is 41.9 Å². The van der Waals surface area contributed by atoms with Gasteiger partial charge in [-0.15, -0.1) is 0 Å². The van der Waals surface area contributed by atoms with Gasteiger partial charge in [0.25, 0.3) is 5.91 Å². The summed E-state index contributed by atoms with van der Waals surface area (Å²) < 4.78 is 4.42. The van der Waals surface area contributed by atoms with Crippen LogP contribution in [-0.2, 0) is 26.7 Å². The smallest absolute Gasteiger partial charge is 0.270 e. The van der Waals surface area contributed by atoms with Crippen LogP contribution in [0.4, 0.5) is 5.69 Å². The molecule has 1 amide bonds. The van der Waals surface area contributed by atoms with Crippen LogP contribution in [0.25, 0.3) is 10.9 Å². The molecule has 4 heterocycles. The van der Waals surface area contributed by atoms with Gasteiger partial charge in [-0.2, -0.15) is 0 Å². The first-order valence-corrected chi connectivity index (χ1v) is 13.1. The lowest BCUT2D eigenvalue weighted by atomic mass is 10.2. The van der Waals surface area contributed by atoms with E-state index in [0.29, 0.717) is 6.54 Å². The second-order valence-electron chi connectivity index (χ2n) is 9.99. The second kappa shape index (κ2) is 9.34. The standard InChI is InChI=1S/C29H32ClN5O/c1-21-23(19-32-11-13-33(14-12-32)27-10-6-4-8-25(27)30)18-28(31(21)2)29(36)34-15-16-35-24(20-34)17-22-7-3-5-9-26(22)35/h3-10,17-18H,11-16,19-20H2,1-2H3. The zero-order chi connectivity index (χ0) is 24.8. The summed E-state index contributed by atoms with van der Waals surface area (Å²) in [6, 6.07) is 20.9. The van der Waals surface area contributed by atoms with Crippen molar-refractivity contribution >= 4 is 34.1 Å². The fourth-order valence-electron chi connectivity index (χ4n) is 5.72. The Morgan fingerprint density at radius 1 is 0.917 bits per heavy atom. The Balaban J connectivity index is 1.14. The predicted molar refractivity (Wildman–Crippen MR) is 146 cm³/mol. The number of carbonyl (C=O) groups is 1. The quantitative estimate of drug-likeness (QED) is 0.398. The highest BCUT2D eigenvalue weighted by Crippen LogP contribution is 2.28. The van der Waals surface area contributed by atoms with E-state index in [1.807, 2.05) is 30.1 Å². The first-order chi connectivity index (χ1) is 17.5. The molecule has 36 heavy (non-hydrogen) atoms. The molecule has 0 saturated carbocycles. The number of anilines is 1. The van der Waals surface area contributed by atoms with Crippen molar-refractivity contribution in [2.24, 2.45) is 7.05 Å². The molecule has 2 aliphatic rings. The zero-order valence-electron chi connectivity index (χ0n) is 21.0. The van der Waals surface area contributed by atoms with Gasteiger partial charge in [-0.25, -0.2) is 0 Å². The zero-order valence-corrected chi connectivity index (χ0v) is 21.7. The van der Waals surface area contributed by atoms with Crippen LogP contribution in [0.1, 0.15) is 27.4 Å². The molecule has 2 aromatic heterocycles. The molecule has 0 bridgehead atoms. The van der Waals surface area contributed by atoms with Gasteiger partial charge in [0.05, 0.1) is 17.3 Å². The van der Waals surface area contributed by atoms with E-state index >= 15 is 0 Å². The number of benzene rings is 2. The average Bonchev–Trinajstić information content (AvgIpc) is 3.41. The molecular formula is C29H32ClN5O. The van der Waals surface area contributed by atoms with Crippen molar-refractivity contribution in [3.63, 3.8) is 0 Å². The molecular weight excluding hydrogens is 470 g/mol. The van der Waals surface area contributed by atoms with E-state index in [0.717, 1.165) is 67.9 Å². The van der Waals surface area contributed by atoms with Gasteiger partial charge in [0.15, 0.2) is 0 Å². The highest BCUT2D eigenvalue weighted by atomic mass is 35.5. The highest BCUT2D eigenvalue weighted by molar-refractivity contribution is 6.33. The molecule has 0 unspecified atom stereocenters. The Hall–Kier alpha value is -3.22. The van der Waals surface area contributed by atoms with E-state index < -0.39 is 0 Å². The minimum Gasteiger partial charge on any atom is -0.368 e. The number of hydrogen-bond donors (Lipinski definition) is 0. The number of fused-ring (bicyclic) bond motifs is 3. The summed E-state index contributed by atoms with van der Waals surface area (Å²) in [5.41, 5.74) is 6.76. The number of piperazine rings is 1. The molecule has 0 aliphatic carbocycles. The molecule has 0 atom stereocenters. The predicted octanol–water partition coefficient (Wildman–Crippen LogP) is 4.92. The first kappa shape index (κ1) is 23.2. The fourth-order valence-corrected chi connectivity index (χ4v) is 5.97. The normalized spacial score (nSPS) is 16.5. The minimum absolute atomic E-state index is 0.117. The van der Waals surface area contributed by atoms with Gasteiger partial charge in [0.1, 0.15) is 5.69 Å². The van der Waals surface area contributed by atoms with Gasteiger partial charge in [0.2, 0.25) is 0 Å². The van der Waals surface area contributed by atoms with Crippen molar-refractivity contribution < 1.29 is 4.79 Å². The van der Waals surface area contributed by atoms with Crippen LogP contribution in [0.2, 0.25) is 5.02 Å². The summed E-state index contributed by atoms with van der Waals surface area (Å²) in [4.78, 5) is 20.4. The molecule has 0 N–H and O–H groups in total. The first-order valence-electron chi connectivity index (χ1n) is 12.7. The van der Waals surface area contributed by atoms with Crippen molar-refractivity contribution in [3.8, 4) is 0 Å². The Bertz CT molecular complexity index is 1430. The van der Waals surface area contributed by atoms with Crippen molar-refractivity contribution in [3.05, 3.63) is 88.3 Å². The monoisotopic (exact) mass is 501 g/mol. The van der Waals surface area contributed by atoms with E-state index in [-0.39, 0.29) is 5.91 Å². The molecule has 4 aromatic rings. The van der Waals surface area contributed by atoms with Crippen molar-refractivity contribution in [2.75, 3.05) is 37.6 Å². The summed E-state index contributed by atoms with van der Waals surface area (Å²) >= 11 is 6.41. The summed E-state index contributed by atoms with van der Waals surface area (Å²) in [7, 11) is 2.02. The fraction of sp³-hybridized carbons (Fsp3) is 0.345. The molecule has 7 heteroatoms. The third-order valence-corrected chi connectivity index (χ3v) is 8.27. The average molecular weight is 502 g/mol. The van der Waals surface area contributed by atoms with Gasteiger partial charge in [-0.05, 0) is 48.2 Å². The maximum Gasteiger partial charge on any atom is 0.270 e. The van der Waals surface area contributed by atoms with Crippen LogP contribution in [0.15, 0.2) is 60.7 Å². The lowest BCUT2D eigenvalue weighted by molar-refractivity contribution is 0.0702. The molecule has 6 nitrogen and oxygen atoms in total. The topological polar surface area (TPSA) is 36.6 Å². The van der Waals surface area contributed by atoms with Crippen LogP contribution >= 0.6 is 11.6 Å². The van der Waals surface area contributed by atoms with Gasteiger partial charge >= 0.3 is 0 Å². The maximum absolute atomic E-state index is 13.6. The molecule has 2 aromatic carbocycles. The lowest BCUT2D eigenvalue weighted by Gasteiger charge is -2.36. The summed E-state index contributed by atoms with van der Waals surface area (Å²) in [6.45, 7) is 9.04. The Morgan fingerprint density at radius 2 is 1.67 bits per heavy atom. The Kier molecular flexibility index (Phi) is 6.02. The third-order valence-electron chi connectivity index (χ3n) is 7.95. The number of halogens is 1. The van der Waals surface area contributed by atoms with Crippen molar-refractivity contribution in [2.45, 2.75) is 26.6 Å². The molecule has 0 spiro atoms. The molecule has 186 valence electrons. The van der Waals surface area contributed by atoms with Gasteiger partial charge < -0.3 is 18.9 Å². The molecule has 6 rings (SSSR count). The highest BCUT2D eigenvalue weighted by Gasteiger charge is 2.27. The van der Waals surface area contributed by atoms with Crippen molar-refractivity contribution in [1.29, 1.82) is 0 Å². The number of para-hydroxylation sites is 2. The number of carbonyl (C=O) groups excluding carboxylic acids is 1. The SMILES string of the molecule is Cc1c(CN2CCN(c3ccccc3Cl)CC2)cc(C(=O)N2CCn3c(cc4ccccc43)C2)n1C. The second-order valence-corrected chi connectivity index (χ2v) is 10.4. The van der Waals surface area contributed by atoms with Crippen LogP contribution in [0.5, 0.6) is 0 Å². The van der Waals surface area contributed by atoms with Gasteiger partial charge in [-0.3, -0.25) is 9.69 Å². The molecule has 1 saturated heterocycles. The van der Waals surface area contributed by atoms with Crippen molar-refractivity contribution in [1.82, 2.24) is 18.9 Å². The van der Waals surface area contributed by atoms with Crippen LogP contribution in [0.3, 0.4) is 0 Å². The van der Waals surface area contributed by atoms with E-state index in [2.05, 4.69) is 68.3 Å². The number of rotatable bonds is 4. The summed E-state index contributed by atoms with van der Waals surface area (Å²) in [5.74, 6) is 0.117. The number of nitrogens with zero attached hydrogens (tertiary/aromatic N) is 5. The number of amides is 1. The molecule has 2 aliphatic heterocycles. The number of aromatic nitrogens is 2. The minimum atomic E-state index is 0.117. The van der Waals surface area contributed by atoms with Crippen LogP contribution in [0, 0.1) is 6.92 Å². The van der Waals surface area contributed by atoms with Gasteiger partial charge in [0, 0.05) is 69.8 Å². The summed E-state index contributed by atoms with van der Waals surface area (Å²) in [5, 5.41) is 2.06. The van der Waals surface area contributed by atoms with Crippen LogP contribution in [-0.4, -0.2) is 57.6 Å². The number of hydrogen-bond acceptors (Lipinski definition) is 3. The third kappa shape index (κ3) is 4.08. The summed E-state index contributed by atoms with van der Waals surface area (Å²) in [6.07, 6.45) is 0. The Labute approximate surface area is 217 Å². The maximum atomic E-state index is 13.6. The van der Waals surface area contributed by atoms with E-state index in [1.54, 1.807) is 0 Å². The molecule has 1 fully saturated rings. The Morgan fingerprint density at radius 3 is 2.47 bits per heavy atom.